The van der Waals surface area contributed by atoms with Gasteiger partial charge in [0, 0.05) is 19.8 Å². The zero-order chi connectivity index (χ0) is 18.8. The Balaban J connectivity index is 1.31. The first-order valence-corrected chi connectivity index (χ1v) is 11.2. The van der Waals surface area contributed by atoms with Gasteiger partial charge in [-0.1, -0.05) is 0 Å². The molecule has 3 rings (SSSR count). The second kappa shape index (κ2) is 11.8. The summed E-state index contributed by atoms with van der Waals surface area (Å²) in [6.45, 7) is 7.06. The Kier molecular flexibility index (Phi) is 9.48. The van der Waals surface area contributed by atoms with E-state index in [0.717, 1.165) is 108 Å². The number of hydrogen-bond acceptors (Lipinski definition) is 7. The van der Waals surface area contributed by atoms with Gasteiger partial charge in [0.05, 0.1) is 45.2 Å². The van der Waals surface area contributed by atoms with Gasteiger partial charge in [0.25, 0.3) is 0 Å². The summed E-state index contributed by atoms with van der Waals surface area (Å²) in [6, 6.07) is 0. The van der Waals surface area contributed by atoms with E-state index in [1.165, 1.54) is 0 Å². The SMILES string of the molecule is [SiH3]OC(CCCOCC1CO1)(CCCOCC1CO1)CCCOCC1CO1. The van der Waals surface area contributed by atoms with Crippen molar-refractivity contribution < 1.29 is 32.8 Å². The quantitative estimate of drug-likeness (QED) is 0.177. The van der Waals surface area contributed by atoms with Crippen LogP contribution in [0, 0.1) is 0 Å². The molecular formula is C19H36O7Si. The molecule has 3 atom stereocenters. The fraction of sp³-hybridized carbons (Fsp3) is 1.00. The van der Waals surface area contributed by atoms with E-state index in [2.05, 4.69) is 0 Å². The van der Waals surface area contributed by atoms with Crippen molar-refractivity contribution in [2.45, 2.75) is 62.4 Å². The van der Waals surface area contributed by atoms with Crippen molar-refractivity contribution in [3.63, 3.8) is 0 Å². The van der Waals surface area contributed by atoms with Gasteiger partial charge in [-0.2, -0.15) is 0 Å². The van der Waals surface area contributed by atoms with Crippen molar-refractivity contribution in [2.75, 3.05) is 59.5 Å². The van der Waals surface area contributed by atoms with E-state index in [0.29, 0.717) is 18.3 Å². The van der Waals surface area contributed by atoms with Gasteiger partial charge in [0.15, 0.2) is 0 Å². The molecule has 3 aliphatic heterocycles. The smallest absolute Gasteiger partial charge is 0.146 e. The van der Waals surface area contributed by atoms with E-state index in [4.69, 9.17) is 32.8 Å². The molecule has 3 aliphatic rings. The van der Waals surface area contributed by atoms with E-state index in [9.17, 15) is 0 Å². The van der Waals surface area contributed by atoms with E-state index < -0.39 is 0 Å². The van der Waals surface area contributed by atoms with Crippen LogP contribution in [-0.2, 0) is 32.8 Å². The average molecular weight is 405 g/mol. The highest BCUT2D eigenvalue weighted by atomic mass is 28.2. The van der Waals surface area contributed by atoms with Crippen LogP contribution in [0.25, 0.3) is 0 Å². The van der Waals surface area contributed by atoms with Crippen molar-refractivity contribution in [2.24, 2.45) is 0 Å². The fourth-order valence-electron chi connectivity index (χ4n) is 3.31. The van der Waals surface area contributed by atoms with Crippen molar-refractivity contribution >= 4 is 10.5 Å². The molecule has 0 radical (unpaired) electrons. The highest BCUT2D eigenvalue weighted by molar-refractivity contribution is 5.98. The van der Waals surface area contributed by atoms with Gasteiger partial charge < -0.3 is 32.8 Å². The van der Waals surface area contributed by atoms with Crippen LogP contribution >= 0.6 is 0 Å². The normalized spacial score (nSPS) is 28.2. The number of ether oxygens (including phenoxy) is 6. The predicted octanol–water partition coefficient (Wildman–Crippen LogP) is 0.609. The molecule has 27 heavy (non-hydrogen) atoms. The van der Waals surface area contributed by atoms with E-state index in [1.54, 1.807) is 0 Å². The van der Waals surface area contributed by atoms with Gasteiger partial charge >= 0.3 is 0 Å². The van der Waals surface area contributed by atoms with Crippen molar-refractivity contribution in [3.8, 4) is 0 Å². The molecule has 3 unspecified atom stereocenters. The first-order chi connectivity index (χ1) is 13.3. The number of hydrogen-bond donors (Lipinski definition) is 0. The molecule has 3 fully saturated rings. The molecule has 0 bridgehead atoms. The minimum atomic E-state index is -0.0649. The van der Waals surface area contributed by atoms with E-state index in [1.807, 2.05) is 0 Å². The molecule has 0 aromatic heterocycles. The van der Waals surface area contributed by atoms with Crippen LogP contribution in [-0.4, -0.2) is 93.9 Å². The average Bonchev–Trinajstić information content (AvgIpc) is 3.53. The first-order valence-electron chi connectivity index (χ1n) is 10.4. The molecule has 0 saturated carbocycles. The summed E-state index contributed by atoms with van der Waals surface area (Å²) >= 11 is 0. The number of rotatable bonds is 19. The van der Waals surface area contributed by atoms with Crippen LogP contribution in [0.5, 0.6) is 0 Å². The Morgan fingerprint density at radius 2 is 1.00 bits per heavy atom. The lowest BCUT2D eigenvalue weighted by Crippen LogP contribution is -2.33. The predicted molar refractivity (Wildman–Crippen MR) is 103 cm³/mol. The highest BCUT2D eigenvalue weighted by Crippen LogP contribution is 2.29. The summed E-state index contributed by atoms with van der Waals surface area (Å²) in [5.74, 6) is 0. The monoisotopic (exact) mass is 404 g/mol. The van der Waals surface area contributed by atoms with Gasteiger partial charge in [-0.25, -0.2) is 0 Å². The molecule has 0 aromatic carbocycles. The molecular weight excluding hydrogens is 368 g/mol. The molecule has 0 aliphatic carbocycles. The van der Waals surface area contributed by atoms with Crippen LogP contribution in [0.1, 0.15) is 38.5 Å². The summed E-state index contributed by atoms with van der Waals surface area (Å²) in [5.41, 5.74) is -0.0649. The summed E-state index contributed by atoms with van der Waals surface area (Å²) in [6.07, 6.45) is 7.14. The third-order valence-corrected chi connectivity index (χ3v) is 6.18. The Hall–Kier alpha value is -0.0631. The maximum Gasteiger partial charge on any atom is 0.146 e. The van der Waals surface area contributed by atoms with Crippen molar-refractivity contribution in [1.82, 2.24) is 0 Å². The Morgan fingerprint density at radius 3 is 1.26 bits per heavy atom. The molecule has 8 heteroatoms. The van der Waals surface area contributed by atoms with E-state index >= 15 is 0 Å². The standard InChI is InChI=1S/C19H36O7Si/c27-26-19(4-1-7-20-10-16-13-23-16,5-2-8-21-11-17-14-24-17)6-3-9-22-12-18-15-25-18/h16-18H,1-15H2,27H3. The minimum absolute atomic E-state index is 0.0649. The molecule has 3 saturated heterocycles. The molecule has 0 amide bonds. The minimum Gasteiger partial charge on any atom is -0.422 e. The molecule has 0 N–H and O–H groups in total. The highest BCUT2D eigenvalue weighted by Gasteiger charge is 2.29. The second-order valence-corrected chi connectivity index (χ2v) is 8.20. The lowest BCUT2D eigenvalue weighted by Gasteiger charge is -2.34. The van der Waals surface area contributed by atoms with Gasteiger partial charge in [-0.15, -0.1) is 0 Å². The van der Waals surface area contributed by atoms with Crippen molar-refractivity contribution in [3.05, 3.63) is 0 Å². The summed E-state index contributed by atoms with van der Waals surface area (Å²) in [4.78, 5) is 0. The molecule has 3 heterocycles. The molecule has 0 spiro atoms. The zero-order valence-electron chi connectivity index (χ0n) is 16.7. The summed E-state index contributed by atoms with van der Waals surface area (Å²) in [7, 11) is 0.743. The van der Waals surface area contributed by atoms with Crippen LogP contribution in [0.2, 0.25) is 0 Å². The van der Waals surface area contributed by atoms with Gasteiger partial charge in [-0.3, -0.25) is 0 Å². The second-order valence-electron chi connectivity index (χ2n) is 7.79. The third kappa shape index (κ3) is 9.80. The van der Waals surface area contributed by atoms with E-state index in [-0.39, 0.29) is 5.60 Å². The Morgan fingerprint density at radius 1 is 0.667 bits per heavy atom. The lowest BCUT2D eigenvalue weighted by atomic mass is 9.88. The third-order valence-electron chi connectivity index (χ3n) is 5.31. The zero-order valence-corrected chi connectivity index (χ0v) is 18.7. The molecule has 158 valence electrons. The first kappa shape index (κ1) is 21.6. The fourth-order valence-corrected chi connectivity index (χ4v) is 3.92. The van der Waals surface area contributed by atoms with Gasteiger partial charge in [0.1, 0.15) is 28.8 Å². The van der Waals surface area contributed by atoms with Gasteiger partial charge in [0.2, 0.25) is 0 Å². The summed E-state index contributed by atoms with van der Waals surface area (Å²) in [5, 5.41) is 0. The topological polar surface area (TPSA) is 74.5 Å². The Bertz CT molecular complexity index is 344. The number of epoxide rings is 3. The van der Waals surface area contributed by atoms with Crippen LogP contribution in [0.3, 0.4) is 0 Å². The van der Waals surface area contributed by atoms with Crippen LogP contribution in [0.15, 0.2) is 0 Å². The van der Waals surface area contributed by atoms with Crippen molar-refractivity contribution in [1.29, 1.82) is 0 Å². The maximum absolute atomic E-state index is 6.16. The van der Waals surface area contributed by atoms with Crippen LogP contribution in [0.4, 0.5) is 0 Å². The maximum atomic E-state index is 6.16. The molecule has 7 nitrogen and oxygen atoms in total. The molecule has 0 aromatic rings. The largest absolute Gasteiger partial charge is 0.422 e. The van der Waals surface area contributed by atoms with Gasteiger partial charge in [-0.05, 0) is 38.5 Å². The van der Waals surface area contributed by atoms with Crippen LogP contribution < -0.4 is 0 Å². The summed E-state index contributed by atoms with van der Waals surface area (Å²) < 4.78 is 38.8. The lowest BCUT2D eigenvalue weighted by molar-refractivity contribution is 0.0123. The Labute approximate surface area is 165 Å².